The van der Waals surface area contributed by atoms with Gasteiger partial charge in [0.05, 0.1) is 42.4 Å². The molecule has 0 saturated heterocycles. The lowest BCUT2D eigenvalue weighted by Gasteiger charge is -2.27. The maximum atomic E-state index is 12.4. The van der Waals surface area contributed by atoms with Crippen molar-refractivity contribution in [2.45, 2.75) is 19.6 Å². The first kappa shape index (κ1) is 16.1. The summed E-state index contributed by atoms with van der Waals surface area (Å²) in [4.78, 5) is 30.8. The van der Waals surface area contributed by atoms with Crippen LogP contribution in [0.5, 0.6) is 0 Å². The maximum Gasteiger partial charge on any atom is 0.257 e. The summed E-state index contributed by atoms with van der Waals surface area (Å²) in [6, 6.07) is 1.66. The van der Waals surface area contributed by atoms with Gasteiger partial charge in [-0.1, -0.05) is 0 Å². The van der Waals surface area contributed by atoms with Crippen molar-refractivity contribution in [1.82, 2.24) is 29.5 Å². The van der Waals surface area contributed by atoms with Crippen molar-refractivity contribution >= 4 is 11.8 Å². The number of imidazole rings is 1. The van der Waals surface area contributed by atoms with Crippen LogP contribution >= 0.6 is 0 Å². The number of aromatic nitrogens is 4. The normalized spacial score (nSPS) is 13.5. The van der Waals surface area contributed by atoms with Crippen LogP contribution in [0.3, 0.4) is 0 Å². The Morgan fingerprint density at radius 3 is 2.88 bits per heavy atom. The molecule has 2 amide bonds. The van der Waals surface area contributed by atoms with Gasteiger partial charge in [-0.15, -0.1) is 0 Å². The van der Waals surface area contributed by atoms with E-state index < -0.39 is 0 Å². The number of rotatable bonds is 4. The third-order valence-electron chi connectivity index (χ3n) is 4.30. The fourth-order valence-electron chi connectivity index (χ4n) is 2.95. The number of fused-ring (bicyclic) bond motifs is 1. The molecule has 4 rings (SSSR count). The molecule has 3 aromatic heterocycles. The SMILES string of the molecule is Cn1cc(C(=O)NCc2cn3c(n2)CN(C(=O)c2ccoc2)CC3)cn1. The average Bonchev–Trinajstić information content (AvgIpc) is 3.38. The van der Waals surface area contributed by atoms with E-state index >= 15 is 0 Å². The number of nitrogens with zero attached hydrogens (tertiary/aromatic N) is 5. The summed E-state index contributed by atoms with van der Waals surface area (Å²) in [6.45, 7) is 2.03. The quantitative estimate of drug-likeness (QED) is 0.747. The van der Waals surface area contributed by atoms with E-state index in [-0.39, 0.29) is 11.8 Å². The van der Waals surface area contributed by atoms with Crippen LogP contribution in [0.2, 0.25) is 0 Å². The summed E-state index contributed by atoms with van der Waals surface area (Å²) < 4.78 is 8.58. The van der Waals surface area contributed by atoms with Gasteiger partial charge in [-0.2, -0.15) is 5.10 Å². The zero-order valence-corrected chi connectivity index (χ0v) is 14.3. The first-order valence-electron chi connectivity index (χ1n) is 8.23. The number of carbonyl (C=O) groups excluding carboxylic acids is 2. The molecule has 0 spiro atoms. The third kappa shape index (κ3) is 3.10. The van der Waals surface area contributed by atoms with Gasteiger partial charge in [-0.25, -0.2) is 4.98 Å². The highest BCUT2D eigenvalue weighted by atomic mass is 16.3. The van der Waals surface area contributed by atoms with Crippen molar-refractivity contribution in [1.29, 1.82) is 0 Å². The second-order valence-electron chi connectivity index (χ2n) is 6.17. The molecule has 0 radical (unpaired) electrons. The predicted octanol–water partition coefficient (Wildman–Crippen LogP) is 0.796. The minimum absolute atomic E-state index is 0.0700. The second kappa shape index (κ2) is 6.51. The molecule has 0 unspecified atom stereocenters. The molecule has 0 fully saturated rings. The van der Waals surface area contributed by atoms with Gasteiger partial charge in [0.2, 0.25) is 0 Å². The monoisotopic (exact) mass is 354 g/mol. The Balaban J connectivity index is 1.40. The molecule has 134 valence electrons. The Bertz CT molecular complexity index is 940. The van der Waals surface area contributed by atoms with E-state index in [0.29, 0.717) is 37.3 Å². The molecule has 0 saturated carbocycles. The highest BCUT2D eigenvalue weighted by molar-refractivity contribution is 5.94. The van der Waals surface area contributed by atoms with Gasteiger partial charge in [0.1, 0.15) is 12.1 Å². The standard InChI is InChI=1S/C17H18N6O3/c1-21-8-13(6-19-21)16(24)18-7-14-9-22-3-4-23(10-15(22)20-14)17(25)12-2-5-26-11-12/h2,5-6,8-9,11H,3-4,7,10H2,1H3,(H,18,24). The molecule has 0 aliphatic carbocycles. The first-order chi connectivity index (χ1) is 12.6. The van der Waals surface area contributed by atoms with Crippen molar-refractivity contribution < 1.29 is 14.0 Å². The van der Waals surface area contributed by atoms with Crippen molar-refractivity contribution in [2.75, 3.05) is 6.54 Å². The van der Waals surface area contributed by atoms with Crippen LogP contribution in [0, 0.1) is 0 Å². The van der Waals surface area contributed by atoms with Gasteiger partial charge in [0.15, 0.2) is 0 Å². The van der Waals surface area contributed by atoms with Crippen molar-refractivity contribution in [3.05, 3.63) is 59.8 Å². The molecular formula is C17H18N6O3. The fourth-order valence-corrected chi connectivity index (χ4v) is 2.95. The number of carbonyl (C=O) groups is 2. The largest absolute Gasteiger partial charge is 0.472 e. The van der Waals surface area contributed by atoms with Gasteiger partial charge in [-0.05, 0) is 6.07 Å². The molecule has 1 aliphatic heterocycles. The molecule has 0 aromatic carbocycles. The van der Waals surface area contributed by atoms with Gasteiger partial charge in [0, 0.05) is 32.5 Å². The maximum absolute atomic E-state index is 12.4. The van der Waals surface area contributed by atoms with Crippen molar-refractivity contribution in [3.63, 3.8) is 0 Å². The van der Waals surface area contributed by atoms with Crippen molar-refractivity contribution in [2.24, 2.45) is 7.05 Å². The van der Waals surface area contributed by atoms with E-state index in [1.165, 1.54) is 18.7 Å². The van der Waals surface area contributed by atoms with Crippen LogP contribution in [-0.4, -0.2) is 42.6 Å². The van der Waals surface area contributed by atoms with Gasteiger partial charge in [0.25, 0.3) is 11.8 Å². The van der Waals surface area contributed by atoms with E-state index in [2.05, 4.69) is 15.4 Å². The van der Waals surface area contributed by atoms with Crippen LogP contribution in [-0.2, 0) is 26.7 Å². The number of aryl methyl sites for hydroxylation is 1. The van der Waals surface area contributed by atoms with Crippen LogP contribution < -0.4 is 5.32 Å². The minimum Gasteiger partial charge on any atom is -0.472 e. The van der Waals surface area contributed by atoms with E-state index in [4.69, 9.17) is 4.42 Å². The minimum atomic E-state index is -0.194. The second-order valence-corrected chi connectivity index (χ2v) is 6.17. The molecule has 3 aromatic rings. The van der Waals surface area contributed by atoms with E-state index in [1.807, 2.05) is 10.8 Å². The van der Waals surface area contributed by atoms with Crippen LogP contribution in [0.1, 0.15) is 32.2 Å². The van der Waals surface area contributed by atoms with Crippen LogP contribution in [0.15, 0.2) is 41.6 Å². The van der Waals surface area contributed by atoms with E-state index in [1.54, 1.807) is 28.9 Å². The summed E-state index contributed by atoms with van der Waals surface area (Å²) in [5, 5.41) is 6.82. The summed E-state index contributed by atoms with van der Waals surface area (Å²) in [7, 11) is 1.76. The number of nitrogens with one attached hydrogen (secondary N) is 1. The average molecular weight is 354 g/mol. The fraction of sp³-hybridized carbons (Fsp3) is 0.294. The third-order valence-corrected chi connectivity index (χ3v) is 4.30. The molecule has 0 atom stereocenters. The highest BCUT2D eigenvalue weighted by Gasteiger charge is 2.24. The molecule has 26 heavy (non-hydrogen) atoms. The Morgan fingerprint density at radius 1 is 1.27 bits per heavy atom. The summed E-state index contributed by atoms with van der Waals surface area (Å²) in [5.74, 6) is 0.541. The number of hydrogen-bond acceptors (Lipinski definition) is 5. The lowest BCUT2D eigenvalue weighted by molar-refractivity contribution is 0.0706. The van der Waals surface area contributed by atoms with Crippen LogP contribution in [0.4, 0.5) is 0 Å². The lowest BCUT2D eigenvalue weighted by Crippen LogP contribution is -2.38. The molecular weight excluding hydrogens is 336 g/mol. The smallest absolute Gasteiger partial charge is 0.257 e. The molecule has 1 N–H and O–H groups in total. The zero-order chi connectivity index (χ0) is 18.1. The van der Waals surface area contributed by atoms with Gasteiger partial charge in [-0.3, -0.25) is 14.3 Å². The highest BCUT2D eigenvalue weighted by Crippen LogP contribution is 2.16. The van der Waals surface area contributed by atoms with Crippen molar-refractivity contribution in [3.8, 4) is 0 Å². The Labute approximate surface area is 149 Å². The molecule has 9 nitrogen and oxygen atoms in total. The van der Waals surface area contributed by atoms with E-state index in [0.717, 1.165) is 11.5 Å². The predicted molar refractivity (Wildman–Crippen MR) is 90.1 cm³/mol. The summed E-state index contributed by atoms with van der Waals surface area (Å²) in [6.07, 6.45) is 8.03. The molecule has 0 bridgehead atoms. The number of hydrogen-bond donors (Lipinski definition) is 1. The Morgan fingerprint density at radius 2 is 2.15 bits per heavy atom. The first-order valence-corrected chi connectivity index (χ1v) is 8.23. The molecule has 1 aliphatic rings. The summed E-state index contributed by atoms with van der Waals surface area (Å²) in [5.41, 5.74) is 1.80. The Kier molecular flexibility index (Phi) is 4.04. The molecule has 9 heteroatoms. The van der Waals surface area contributed by atoms with E-state index in [9.17, 15) is 9.59 Å². The van der Waals surface area contributed by atoms with Crippen LogP contribution in [0.25, 0.3) is 0 Å². The lowest BCUT2D eigenvalue weighted by atomic mass is 10.2. The molecule has 4 heterocycles. The number of furan rings is 1. The van der Waals surface area contributed by atoms with Gasteiger partial charge < -0.3 is 19.2 Å². The van der Waals surface area contributed by atoms with Gasteiger partial charge >= 0.3 is 0 Å². The Hall–Kier alpha value is -3.36. The number of amides is 2. The topological polar surface area (TPSA) is 98.2 Å². The summed E-state index contributed by atoms with van der Waals surface area (Å²) >= 11 is 0. The zero-order valence-electron chi connectivity index (χ0n) is 14.3.